The van der Waals surface area contributed by atoms with E-state index in [1.165, 1.54) is 6.92 Å². The number of rotatable bonds is 6. The number of alkyl halides is 3. The molecule has 0 unspecified atom stereocenters. The number of hydrogen-bond donors (Lipinski definition) is 1. The quantitative estimate of drug-likeness (QED) is 0.678. The van der Waals surface area contributed by atoms with E-state index in [4.69, 9.17) is 9.47 Å². The molecule has 0 radical (unpaired) electrons. The van der Waals surface area contributed by atoms with Crippen LogP contribution >= 0.6 is 0 Å². The van der Waals surface area contributed by atoms with Gasteiger partial charge in [0, 0.05) is 30.8 Å². The van der Waals surface area contributed by atoms with Crippen molar-refractivity contribution in [2.24, 2.45) is 12.0 Å². The van der Waals surface area contributed by atoms with Gasteiger partial charge < -0.3 is 14.6 Å². The molecule has 1 amide bonds. The van der Waals surface area contributed by atoms with Gasteiger partial charge in [-0.1, -0.05) is 20.8 Å². The molecule has 2 aromatic rings. The lowest BCUT2D eigenvalue weighted by Gasteiger charge is -2.21. The predicted octanol–water partition coefficient (Wildman–Crippen LogP) is 3.82. The Hall–Kier alpha value is -2.59. The maximum Gasteiger partial charge on any atom is 0.416 e. The molecule has 1 N–H and O–H groups in total. The van der Waals surface area contributed by atoms with E-state index in [9.17, 15) is 23.1 Å². The number of aliphatic hydroxyl groups is 1. The number of aromatic nitrogens is 2. The SMILES string of the molecule is C[C@@H](O)COc1ccc(C(F)(F)F)cc1C(=O)/N=c1\cc(C(C)(C)C)n(C)n1C[C@H]1CCCO1. The van der Waals surface area contributed by atoms with Crippen LogP contribution in [0.4, 0.5) is 13.2 Å². The summed E-state index contributed by atoms with van der Waals surface area (Å²) in [7, 11) is 1.86. The molecule has 7 nitrogen and oxygen atoms in total. The smallest absolute Gasteiger partial charge is 0.416 e. The van der Waals surface area contributed by atoms with Gasteiger partial charge in [0.05, 0.1) is 29.9 Å². The van der Waals surface area contributed by atoms with Crippen molar-refractivity contribution in [2.45, 2.75) is 70.9 Å². The van der Waals surface area contributed by atoms with Gasteiger partial charge in [0.25, 0.3) is 5.91 Å². The Morgan fingerprint density at radius 2 is 2.00 bits per heavy atom. The van der Waals surface area contributed by atoms with Gasteiger partial charge >= 0.3 is 6.18 Å². The number of amides is 1. The molecule has 188 valence electrons. The summed E-state index contributed by atoms with van der Waals surface area (Å²) in [6, 6.07) is 4.43. The number of aliphatic hydroxyl groups excluding tert-OH is 1. The van der Waals surface area contributed by atoms with E-state index >= 15 is 0 Å². The molecular weight excluding hydrogens is 451 g/mol. The Bertz CT molecular complexity index is 1090. The van der Waals surface area contributed by atoms with Crippen molar-refractivity contribution in [2.75, 3.05) is 13.2 Å². The van der Waals surface area contributed by atoms with Crippen LogP contribution in [-0.4, -0.2) is 45.8 Å². The Kier molecular flexibility index (Phi) is 7.62. The van der Waals surface area contributed by atoms with Crippen LogP contribution < -0.4 is 10.2 Å². The minimum absolute atomic E-state index is 0.0334. The van der Waals surface area contributed by atoms with Crippen LogP contribution in [0.25, 0.3) is 0 Å². The van der Waals surface area contributed by atoms with E-state index < -0.39 is 23.8 Å². The maximum absolute atomic E-state index is 13.3. The molecule has 0 saturated carbocycles. The van der Waals surface area contributed by atoms with Gasteiger partial charge in [-0.15, -0.1) is 0 Å². The molecule has 1 aliphatic heterocycles. The molecule has 0 bridgehead atoms. The van der Waals surface area contributed by atoms with E-state index in [0.29, 0.717) is 18.6 Å². The number of nitrogens with zero attached hydrogens (tertiary/aromatic N) is 3. The van der Waals surface area contributed by atoms with E-state index in [2.05, 4.69) is 4.99 Å². The second kappa shape index (κ2) is 9.95. The minimum atomic E-state index is -4.64. The van der Waals surface area contributed by atoms with Crippen LogP contribution in [0.15, 0.2) is 29.3 Å². The number of hydrogen-bond acceptors (Lipinski definition) is 4. The van der Waals surface area contributed by atoms with E-state index in [1.54, 1.807) is 6.07 Å². The summed E-state index contributed by atoms with van der Waals surface area (Å²) >= 11 is 0. The first-order chi connectivity index (χ1) is 15.8. The van der Waals surface area contributed by atoms with Crippen molar-refractivity contribution in [3.05, 3.63) is 46.6 Å². The molecule has 34 heavy (non-hydrogen) atoms. The van der Waals surface area contributed by atoms with E-state index in [0.717, 1.165) is 36.7 Å². The van der Waals surface area contributed by atoms with Crippen LogP contribution in [0.2, 0.25) is 0 Å². The number of benzene rings is 1. The first-order valence-corrected chi connectivity index (χ1v) is 11.3. The predicted molar refractivity (Wildman–Crippen MR) is 120 cm³/mol. The molecule has 2 heterocycles. The van der Waals surface area contributed by atoms with E-state index in [1.807, 2.05) is 37.2 Å². The van der Waals surface area contributed by atoms with Gasteiger partial charge in [0.2, 0.25) is 0 Å². The fraction of sp³-hybridized carbons (Fsp3) is 0.583. The lowest BCUT2D eigenvalue weighted by atomic mass is 9.92. The molecule has 1 aromatic heterocycles. The lowest BCUT2D eigenvalue weighted by molar-refractivity contribution is -0.137. The van der Waals surface area contributed by atoms with Crippen LogP contribution in [0.5, 0.6) is 5.75 Å². The molecule has 1 saturated heterocycles. The van der Waals surface area contributed by atoms with Crippen molar-refractivity contribution in [1.29, 1.82) is 0 Å². The molecule has 2 atom stereocenters. The fourth-order valence-corrected chi connectivity index (χ4v) is 3.94. The minimum Gasteiger partial charge on any atom is -0.490 e. The van der Waals surface area contributed by atoms with Crippen molar-refractivity contribution < 1.29 is 32.5 Å². The number of carbonyl (C=O) groups is 1. The summed E-state index contributed by atoms with van der Waals surface area (Å²) < 4.78 is 54.9. The summed E-state index contributed by atoms with van der Waals surface area (Å²) in [5.41, 5.74) is -0.323. The number of ether oxygens (including phenoxy) is 2. The molecule has 1 aromatic carbocycles. The zero-order valence-corrected chi connectivity index (χ0v) is 20.1. The van der Waals surface area contributed by atoms with Crippen LogP contribution in [-0.2, 0) is 29.9 Å². The largest absolute Gasteiger partial charge is 0.490 e. The number of carbonyl (C=O) groups excluding carboxylic acids is 1. The number of halogens is 3. The van der Waals surface area contributed by atoms with Crippen molar-refractivity contribution in [3.8, 4) is 5.75 Å². The van der Waals surface area contributed by atoms with Gasteiger partial charge in [-0.2, -0.15) is 18.2 Å². The summed E-state index contributed by atoms with van der Waals surface area (Å²) in [5, 5.41) is 9.51. The zero-order valence-electron chi connectivity index (χ0n) is 20.1. The maximum atomic E-state index is 13.3. The van der Waals surface area contributed by atoms with Gasteiger partial charge in [0.15, 0.2) is 5.49 Å². The normalized spacial score (nSPS) is 18.4. The highest BCUT2D eigenvalue weighted by Crippen LogP contribution is 2.33. The Morgan fingerprint density at radius 1 is 1.29 bits per heavy atom. The highest BCUT2D eigenvalue weighted by atomic mass is 19.4. The third-order valence-corrected chi connectivity index (χ3v) is 5.64. The standard InChI is InChI=1S/C24H32F3N3O4/c1-15(31)14-34-19-9-8-16(24(25,26)27)11-18(19)22(32)28-21-12-20(23(2,3)4)29(5)30(21)13-17-7-6-10-33-17/h8-9,11-12,15,17,31H,6-7,10,13-14H2,1-5H3/b28-21+/t15-,17-/m1/s1. The average molecular weight is 484 g/mol. The average Bonchev–Trinajstić information content (AvgIpc) is 3.34. The summed E-state index contributed by atoms with van der Waals surface area (Å²) in [5.74, 6) is -0.931. The third kappa shape index (κ3) is 6.09. The Labute approximate surface area is 196 Å². The molecule has 10 heteroatoms. The lowest BCUT2D eigenvalue weighted by Crippen LogP contribution is -2.30. The van der Waals surface area contributed by atoms with Crippen molar-refractivity contribution in [3.63, 3.8) is 0 Å². The zero-order chi connectivity index (χ0) is 25.3. The molecule has 0 spiro atoms. The van der Waals surface area contributed by atoms with Crippen molar-refractivity contribution >= 4 is 5.91 Å². The van der Waals surface area contributed by atoms with Gasteiger partial charge in [0.1, 0.15) is 12.4 Å². The summed E-state index contributed by atoms with van der Waals surface area (Å²) in [6.45, 7) is 8.51. The molecule has 1 fully saturated rings. The summed E-state index contributed by atoms with van der Waals surface area (Å²) in [4.78, 5) is 17.4. The van der Waals surface area contributed by atoms with Gasteiger partial charge in [-0.3, -0.25) is 14.2 Å². The fourth-order valence-electron chi connectivity index (χ4n) is 3.94. The van der Waals surface area contributed by atoms with Gasteiger partial charge in [-0.25, -0.2) is 0 Å². The molecule has 3 rings (SSSR count). The Morgan fingerprint density at radius 3 is 2.56 bits per heavy atom. The van der Waals surface area contributed by atoms with Gasteiger partial charge in [-0.05, 0) is 38.0 Å². The second-order valence-corrected chi connectivity index (χ2v) is 9.66. The van der Waals surface area contributed by atoms with Crippen LogP contribution in [0, 0.1) is 0 Å². The summed E-state index contributed by atoms with van der Waals surface area (Å²) in [6.07, 6.45) is -3.71. The highest BCUT2D eigenvalue weighted by Gasteiger charge is 2.32. The molecule has 1 aliphatic rings. The molecular formula is C24H32F3N3O4. The Balaban J connectivity index is 2.10. The van der Waals surface area contributed by atoms with Crippen LogP contribution in [0.1, 0.15) is 62.2 Å². The first-order valence-electron chi connectivity index (χ1n) is 11.3. The highest BCUT2D eigenvalue weighted by molar-refractivity contribution is 5.97. The topological polar surface area (TPSA) is 78.0 Å². The molecule has 0 aliphatic carbocycles. The second-order valence-electron chi connectivity index (χ2n) is 9.66. The van der Waals surface area contributed by atoms with E-state index in [-0.39, 0.29) is 29.4 Å². The first kappa shape index (κ1) is 26.0. The monoisotopic (exact) mass is 483 g/mol. The third-order valence-electron chi connectivity index (χ3n) is 5.64. The van der Waals surface area contributed by atoms with Crippen LogP contribution in [0.3, 0.4) is 0 Å². The van der Waals surface area contributed by atoms with Crippen molar-refractivity contribution in [1.82, 2.24) is 9.36 Å².